The van der Waals surface area contributed by atoms with Crippen molar-refractivity contribution >= 4 is 11.5 Å². The Bertz CT molecular complexity index is 351. The molecule has 0 spiro atoms. The summed E-state index contributed by atoms with van der Waals surface area (Å²) in [7, 11) is 0. The van der Waals surface area contributed by atoms with Crippen LogP contribution in [0.2, 0.25) is 0 Å². The number of hydrogen-bond donors (Lipinski definition) is 2. The minimum Gasteiger partial charge on any atom is -0.399 e. The molecular formula is C13H21N3. The minimum absolute atomic E-state index is 0.555. The van der Waals surface area contributed by atoms with E-state index in [1.807, 2.05) is 12.1 Å². The first-order valence-electron chi connectivity index (χ1n) is 6.18. The molecule has 0 bridgehead atoms. The summed E-state index contributed by atoms with van der Waals surface area (Å²) in [6, 6.07) is 4.28. The van der Waals surface area contributed by atoms with E-state index in [9.17, 15) is 0 Å². The Morgan fingerprint density at radius 3 is 2.94 bits per heavy atom. The lowest BCUT2D eigenvalue weighted by atomic mass is 9.93. The van der Waals surface area contributed by atoms with Crippen molar-refractivity contribution in [2.24, 2.45) is 11.8 Å². The lowest BCUT2D eigenvalue weighted by molar-refractivity contribution is 0.391. The molecule has 0 aromatic carbocycles. The Labute approximate surface area is 97.5 Å². The molecule has 1 fully saturated rings. The Hall–Kier alpha value is -1.25. The Morgan fingerprint density at radius 1 is 1.50 bits per heavy atom. The van der Waals surface area contributed by atoms with Crippen LogP contribution in [-0.4, -0.2) is 11.0 Å². The standard InChI is InChI=1S/C13H21N3/c1-3-10-4-5-12(9(10)2)16-13-8-11(14)6-7-15-13/h6-10,12H,3-5H2,1-2H3,(H3,14,15,16). The maximum absolute atomic E-state index is 5.74. The zero-order valence-electron chi connectivity index (χ0n) is 10.1. The van der Waals surface area contributed by atoms with Crippen LogP contribution in [0.25, 0.3) is 0 Å². The number of nitrogen functional groups attached to an aromatic ring is 1. The normalized spacial score (nSPS) is 29.2. The van der Waals surface area contributed by atoms with Crippen LogP contribution < -0.4 is 11.1 Å². The number of nitrogens with zero attached hydrogens (tertiary/aromatic N) is 1. The van der Waals surface area contributed by atoms with Crippen molar-refractivity contribution in [3.8, 4) is 0 Å². The zero-order valence-corrected chi connectivity index (χ0v) is 10.1. The van der Waals surface area contributed by atoms with E-state index in [1.54, 1.807) is 6.20 Å². The molecule has 1 aromatic rings. The summed E-state index contributed by atoms with van der Waals surface area (Å²) < 4.78 is 0. The van der Waals surface area contributed by atoms with E-state index in [2.05, 4.69) is 24.1 Å². The van der Waals surface area contributed by atoms with Crippen molar-refractivity contribution in [3.63, 3.8) is 0 Å². The highest BCUT2D eigenvalue weighted by atomic mass is 15.0. The third-order valence-electron chi connectivity index (χ3n) is 3.87. The van der Waals surface area contributed by atoms with Crippen LogP contribution in [0.5, 0.6) is 0 Å². The maximum atomic E-state index is 5.74. The highest BCUT2D eigenvalue weighted by molar-refractivity contribution is 5.49. The molecule has 3 heteroatoms. The van der Waals surface area contributed by atoms with Crippen molar-refractivity contribution in [1.82, 2.24) is 4.98 Å². The van der Waals surface area contributed by atoms with E-state index in [0.29, 0.717) is 6.04 Å². The second kappa shape index (κ2) is 4.73. The molecule has 1 aliphatic carbocycles. The van der Waals surface area contributed by atoms with Crippen molar-refractivity contribution < 1.29 is 0 Å². The summed E-state index contributed by atoms with van der Waals surface area (Å²) in [6.07, 6.45) is 5.62. The predicted octanol–water partition coefficient (Wildman–Crippen LogP) is 2.90. The average Bonchev–Trinajstić information content (AvgIpc) is 2.60. The highest BCUT2D eigenvalue weighted by Gasteiger charge is 2.31. The molecule has 0 radical (unpaired) electrons. The molecule has 0 saturated heterocycles. The quantitative estimate of drug-likeness (QED) is 0.821. The molecule has 3 nitrogen and oxygen atoms in total. The molecule has 1 aliphatic rings. The minimum atomic E-state index is 0.555. The summed E-state index contributed by atoms with van der Waals surface area (Å²) in [5.41, 5.74) is 6.51. The summed E-state index contributed by atoms with van der Waals surface area (Å²) in [6.45, 7) is 4.62. The number of hydrogen-bond acceptors (Lipinski definition) is 3. The van der Waals surface area contributed by atoms with Gasteiger partial charge in [0.1, 0.15) is 5.82 Å². The molecule has 2 rings (SSSR count). The van der Waals surface area contributed by atoms with E-state index in [4.69, 9.17) is 5.73 Å². The molecular weight excluding hydrogens is 198 g/mol. The molecule has 88 valence electrons. The van der Waals surface area contributed by atoms with Crippen LogP contribution in [-0.2, 0) is 0 Å². The van der Waals surface area contributed by atoms with Crippen molar-refractivity contribution in [1.29, 1.82) is 0 Å². The highest BCUT2D eigenvalue weighted by Crippen LogP contribution is 2.35. The second-order valence-electron chi connectivity index (χ2n) is 4.83. The topological polar surface area (TPSA) is 50.9 Å². The fraction of sp³-hybridized carbons (Fsp3) is 0.615. The summed E-state index contributed by atoms with van der Waals surface area (Å²) in [4.78, 5) is 4.30. The van der Waals surface area contributed by atoms with Gasteiger partial charge in [-0.15, -0.1) is 0 Å². The molecule has 0 amide bonds. The van der Waals surface area contributed by atoms with Crippen molar-refractivity contribution in [3.05, 3.63) is 18.3 Å². The first kappa shape index (κ1) is 11.2. The molecule has 3 atom stereocenters. The summed E-state index contributed by atoms with van der Waals surface area (Å²) in [5, 5.41) is 3.50. The third-order valence-corrected chi connectivity index (χ3v) is 3.87. The number of aromatic nitrogens is 1. The Balaban J connectivity index is 2.00. The molecule has 1 saturated carbocycles. The Kier molecular flexibility index (Phi) is 3.32. The first-order chi connectivity index (χ1) is 7.70. The maximum Gasteiger partial charge on any atom is 0.128 e. The van der Waals surface area contributed by atoms with Crippen LogP contribution in [0.1, 0.15) is 33.1 Å². The Morgan fingerprint density at radius 2 is 2.31 bits per heavy atom. The van der Waals surface area contributed by atoms with Gasteiger partial charge in [-0.3, -0.25) is 0 Å². The van der Waals surface area contributed by atoms with Crippen LogP contribution in [0, 0.1) is 11.8 Å². The number of rotatable bonds is 3. The fourth-order valence-corrected chi connectivity index (χ4v) is 2.74. The molecule has 3 unspecified atom stereocenters. The van der Waals surface area contributed by atoms with E-state index in [0.717, 1.165) is 23.3 Å². The lowest BCUT2D eigenvalue weighted by Gasteiger charge is -2.21. The van der Waals surface area contributed by atoms with Crippen LogP contribution in [0.3, 0.4) is 0 Å². The van der Waals surface area contributed by atoms with Crippen molar-refractivity contribution in [2.75, 3.05) is 11.1 Å². The largest absolute Gasteiger partial charge is 0.399 e. The number of pyridine rings is 1. The molecule has 0 aliphatic heterocycles. The van der Waals surface area contributed by atoms with E-state index in [1.165, 1.54) is 19.3 Å². The van der Waals surface area contributed by atoms with Gasteiger partial charge in [0.25, 0.3) is 0 Å². The summed E-state index contributed by atoms with van der Waals surface area (Å²) in [5.74, 6) is 2.50. The van der Waals surface area contributed by atoms with Gasteiger partial charge >= 0.3 is 0 Å². The van der Waals surface area contributed by atoms with Gasteiger partial charge in [0.05, 0.1) is 0 Å². The number of nitrogens with two attached hydrogens (primary N) is 1. The van der Waals surface area contributed by atoms with Crippen LogP contribution in [0.15, 0.2) is 18.3 Å². The van der Waals surface area contributed by atoms with Gasteiger partial charge in [0.15, 0.2) is 0 Å². The second-order valence-corrected chi connectivity index (χ2v) is 4.83. The fourth-order valence-electron chi connectivity index (χ4n) is 2.74. The van der Waals surface area contributed by atoms with Gasteiger partial charge in [-0.25, -0.2) is 4.98 Å². The predicted molar refractivity (Wildman–Crippen MR) is 68.2 cm³/mol. The average molecular weight is 219 g/mol. The van der Waals surface area contributed by atoms with Crippen molar-refractivity contribution in [2.45, 2.75) is 39.2 Å². The SMILES string of the molecule is CCC1CCC(Nc2cc(N)ccn2)C1C. The molecule has 1 heterocycles. The number of anilines is 2. The van der Waals surface area contributed by atoms with E-state index < -0.39 is 0 Å². The monoisotopic (exact) mass is 219 g/mol. The van der Waals surface area contributed by atoms with Gasteiger partial charge < -0.3 is 11.1 Å². The van der Waals surface area contributed by atoms with E-state index >= 15 is 0 Å². The molecule has 1 aromatic heterocycles. The number of nitrogens with one attached hydrogen (secondary N) is 1. The smallest absolute Gasteiger partial charge is 0.128 e. The van der Waals surface area contributed by atoms with Gasteiger partial charge in [-0.05, 0) is 30.7 Å². The van der Waals surface area contributed by atoms with Gasteiger partial charge in [0, 0.05) is 24.0 Å². The van der Waals surface area contributed by atoms with E-state index in [-0.39, 0.29) is 0 Å². The summed E-state index contributed by atoms with van der Waals surface area (Å²) >= 11 is 0. The first-order valence-corrected chi connectivity index (χ1v) is 6.18. The van der Waals surface area contributed by atoms with Gasteiger partial charge in [-0.2, -0.15) is 0 Å². The lowest BCUT2D eigenvalue weighted by Crippen LogP contribution is -2.25. The molecule has 3 N–H and O–H groups in total. The zero-order chi connectivity index (χ0) is 11.5. The van der Waals surface area contributed by atoms with Crippen LogP contribution >= 0.6 is 0 Å². The van der Waals surface area contributed by atoms with Gasteiger partial charge in [0.2, 0.25) is 0 Å². The van der Waals surface area contributed by atoms with Gasteiger partial charge in [-0.1, -0.05) is 20.3 Å². The molecule has 16 heavy (non-hydrogen) atoms. The third kappa shape index (κ3) is 2.29. The van der Waals surface area contributed by atoms with Crippen LogP contribution in [0.4, 0.5) is 11.5 Å².